The van der Waals surface area contributed by atoms with Crippen LogP contribution < -0.4 is 0 Å². The maximum atomic E-state index is 12.0. The van der Waals surface area contributed by atoms with Gasteiger partial charge in [0.15, 0.2) is 0 Å². The van der Waals surface area contributed by atoms with Gasteiger partial charge in [0.05, 0.1) is 12.4 Å². The highest BCUT2D eigenvalue weighted by molar-refractivity contribution is 7.86. The molecule has 0 saturated heterocycles. The van der Waals surface area contributed by atoms with Crippen LogP contribution in [0.15, 0.2) is 54.6 Å². The van der Waals surface area contributed by atoms with E-state index in [-0.39, 0.29) is 12.4 Å². The smallest absolute Gasteiger partial charge is 0.267 e. The summed E-state index contributed by atoms with van der Waals surface area (Å²) >= 11 is 0. The summed E-state index contributed by atoms with van der Waals surface area (Å²) < 4.78 is 29.2. The van der Waals surface area contributed by atoms with Crippen LogP contribution in [0.1, 0.15) is 61.1 Å². The Labute approximate surface area is 163 Å². The highest BCUT2D eigenvalue weighted by atomic mass is 32.2. The van der Waals surface area contributed by atoms with Crippen molar-refractivity contribution in [3.63, 3.8) is 0 Å². The van der Waals surface area contributed by atoms with Gasteiger partial charge in [-0.25, -0.2) is 0 Å². The van der Waals surface area contributed by atoms with Gasteiger partial charge in [0.25, 0.3) is 10.1 Å². The van der Waals surface area contributed by atoms with Gasteiger partial charge in [-0.2, -0.15) is 8.42 Å². The summed E-state index contributed by atoms with van der Waals surface area (Å²) in [5.74, 6) is 0.821. The summed E-state index contributed by atoms with van der Waals surface area (Å²) in [5.41, 5.74) is 3.86. The minimum absolute atomic E-state index is 0.0813. The van der Waals surface area contributed by atoms with E-state index in [1.54, 1.807) is 0 Å². The summed E-state index contributed by atoms with van der Waals surface area (Å²) in [6.45, 7) is 0.262. The molecule has 0 aromatic heterocycles. The van der Waals surface area contributed by atoms with Crippen molar-refractivity contribution in [2.45, 2.75) is 57.3 Å². The van der Waals surface area contributed by atoms with Crippen LogP contribution in [0.2, 0.25) is 0 Å². The Morgan fingerprint density at radius 1 is 0.815 bits per heavy atom. The van der Waals surface area contributed by atoms with Gasteiger partial charge in [-0.1, -0.05) is 67.4 Å². The Hall–Kier alpha value is -1.65. The summed E-state index contributed by atoms with van der Waals surface area (Å²) in [4.78, 5) is 0. The average molecular weight is 387 g/mol. The van der Waals surface area contributed by atoms with Gasteiger partial charge < -0.3 is 0 Å². The number of hydrogen-bond donors (Lipinski definition) is 0. The second kappa shape index (κ2) is 10.0. The van der Waals surface area contributed by atoms with Gasteiger partial charge in [0.1, 0.15) is 0 Å². The van der Waals surface area contributed by atoms with Crippen LogP contribution >= 0.6 is 0 Å². The molecule has 4 heteroatoms. The molecule has 3 rings (SSSR count). The van der Waals surface area contributed by atoms with Crippen molar-refractivity contribution >= 4 is 10.1 Å². The standard InChI is InChI=1S/C23H30O3S/c24-27(25,19-7-11-20-8-2-1-3-9-20)26-18-6-10-21-14-16-23(17-15-21)22-12-4-5-13-22/h1-3,8-9,14-17,22H,4-7,10-13,18-19H2. The second-order valence-electron chi connectivity index (χ2n) is 7.50. The summed E-state index contributed by atoms with van der Waals surface area (Å²) in [6, 6.07) is 18.8. The molecule has 1 saturated carbocycles. The quantitative estimate of drug-likeness (QED) is 0.413. The first-order valence-electron chi connectivity index (χ1n) is 10.1. The van der Waals surface area contributed by atoms with Crippen LogP contribution in [0.3, 0.4) is 0 Å². The van der Waals surface area contributed by atoms with Crippen molar-refractivity contribution in [2.24, 2.45) is 0 Å². The molecule has 0 N–H and O–H groups in total. The van der Waals surface area contributed by atoms with E-state index in [0.717, 1.165) is 30.7 Å². The van der Waals surface area contributed by atoms with Crippen LogP contribution in [0, 0.1) is 0 Å². The molecule has 1 aliphatic rings. The molecule has 0 radical (unpaired) electrons. The van der Waals surface area contributed by atoms with E-state index in [4.69, 9.17) is 4.18 Å². The maximum absolute atomic E-state index is 12.0. The summed E-state index contributed by atoms with van der Waals surface area (Å²) in [7, 11) is -3.42. The fourth-order valence-electron chi connectivity index (χ4n) is 3.83. The van der Waals surface area contributed by atoms with Crippen molar-refractivity contribution in [3.8, 4) is 0 Å². The van der Waals surface area contributed by atoms with Gasteiger partial charge in [-0.3, -0.25) is 4.18 Å². The zero-order valence-corrected chi connectivity index (χ0v) is 16.8. The van der Waals surface area contributed by atoms with Crippen LogP contribution in [0.5, 0.6) is 0 Å². The van der Waals surface area contributed by atoms with Crippen molar-refractivity contribution < 1.29 is 12.6 Å². The fraction of sp³-hybridized carbons (Fsp3) is 0.478. The highest BCUT2D eigenvalue weighted by Gasteiger charge is 2.16. The Bertz CT molecular complexity index is 776. The van der Waals surface area contributed by atoms with Crippen molar-refractivity contribution in [2.75, 3.05) is 12.4 Å². The Morgan fingerprint density at radius 2 is 1.44 bits per heavy atom. The van der Waals surface area contributed by atoms with Crippen LogP contribution in [-0.2, 0) is 27.1 Å². The molecular weight excluding hydrogens is 356 g/mol. The van der Waals surface area contributed by atoms with E-state index in [1.165, 1.54) is 36.8 Å². The Morgan fingerprint density at radius 3 is 2.15 bits per heavy atom. The van der Waals surface area contributed by atoms with Gasteiger partial charge in [0, 0.05) is 0 Å². The molecule has 27 heavy (non-hydrogen) atoms. The molecule has 0 atom stereocenters. The predicted molar refractivity (Wildman–Crippen MR) is 110 cm³/mol. The summed E-state index contributed by atoms with van der Waals surface area (Å²) in [6.07, 6.45) is 8.26. The third-order valence-electron chi connectivity index (χ3n) is 5.38. The molecule has 0 amide bonds. The zero-order valence-electron chi connectivity index (χ0n) is 16.0. The SMILES string of the molecule is O=S(=O)(CCCc1ccccc1)OCCCc1ccc(C2CCCC2)cc1. The van der Waals surface area contributed by atoms with E-state index in [0.29, 0.717) is 6.42 Å². The molecule has 2 aromatic carbocycles. The first-order valence-corrected chi connectivity index (χ1v) is 11.7. The number of hydrogen-bond acceptors (Lipinski definition) is 3. The van der Waals surface area contributed by atoms with Gasteiger partial charge >= 0.3 is 0 Å². The van der Waals surface area contributed by atoms with Crippen LogP contribution in [-0.4, -0.2) is 20.8 Å². The Kier molecular flexibility index (Phi) is 7.48. The van der Waals surface area contributed by atoms with Crippen LogP contribution in [0.25, 0.3) is 0 Å². The van der Waals surface area contributed by atoms with E-state index in [2.05, 4.69) is 24.3 Å². The second-order valence-corrected chi connectivity index (χ2v) is 9.26. The van der Waals surface area contributed by atoms with E-state index in [1.807, 2.05) is 30.3 Å². The highest BCUT2D eigenvalue weighted by Crippen LogP contribution is 2.34. The van der Waals surface area contributed by atoms with Crippen LogP contribution in [0.4, 0.5) is 0 Å². The number of benzene rings is 2. The minimum atomic E-state index is -3.42. The molecule has 0 spiro atoms. The third kappa shape index (κ3) is 6.78. The maximum Gasteiger partial charge on any atom is 0.267 e. The van der Waals surface area contributed by atoms with Crippen molar-refractivity contribution in [1.29, 1.82) is 0 Å². The third-order valence-corrected chi connectivity index (χ3v) is 6.70. The lowest BCUT2D eigenvalue weighted by Gasteiger charge is -2.10. The molecule has 0 bridgehead atoms. The lowest BCUT2D eigenvalue weighted by Crippen LogP contribution is -2.12. The molecule has 0 aliphatic heterocycles. The largest absolute Gasteiger partial charge is 0.270 e. The number of aryl methyl sites for hydroxylation is 2. The van der Waals surface area contributed by atoms with Gasteiger partial charge in [-0.05, 0) is 61.1 Å². The molecule has 1 fully saturated rings. The zero-order chi connectivity index (χ0) is 19.0. The van der Waals surface area contributed by atoms with Crippen molar-refractivity contribution in [1.82, 2.24) is 0 Å². The lowest BCUT2D eigenvalue weighted by atomic mass is 9.96. The monoisotopic (exact) mass is 386 g/mol. The molecule has 2 aromatic rings. The normalized spacial score (nSPS) is 15.3. The Balaban J connectivity index is 1.33. The first kappa shape index (κ1) is 20.1. The topological polar surface area (TPSA) is 43.4 Å². The molecule has 0 unspecified atom stereocenters. The van der Waals surface area contributed by atoms with E-state index >= 15 is 0 Å². The number of rotatable bonds is 10. The fourth-order valence-corrected chi connectivity index (χ4v) is 4.82. The molecule has 3 nitrogen and oxygen atoms in total. The summed E-state index contributed by atoms with van der Waals surface area (Å²) in [5, 5.41) is 0. The lowest BCUT2D eigenvalue weighted by molar-refractivity contribution is 0.312. The molecule has 0 heterocycles. The van der Waals surface area contributed by atoms with E-state index < -0.39 is 10.1 Å². The molecule has 146 valence electrons. The van der Waals surface area contributed by atoms with E-state index in [9.17, 15) is 8.42 Å². The molecule has 1 aliphatic carbocycles. The average Bonchev–Trinajstić information content (AvgIpc) is 3.21. The molecular formula is C23H30O3S. The minimum Gasteiger partial charge on any atom is -0.270 e. The van der Waals surface area contributed by atoms with Gasteiger partial charge in [0.2, 0.25) is 0 Å². The predicted octanol–water partition coefficient (Wildman–Crippen LogP) is 5.26. The van der Waals surface area contributed by atoms with Gasteiger partial charge in [-0.15, -0.1) is 0 Å². The van der Waals surface area contributed by atoms with Crippen molar-refractivity contribution in [3.05, 3.63) is 71.3 Å². The first-order chi connectivity index (χ1) is 13.1.